The van der Waals surface area contributed by atoms with Gasteiger partial charge in [0.05, 0.1) is 24.4 Å². The van der Waals surface area contributed by atoms with Gasteiger partial charge in [-0.15, -0.1) is 0 Å². The maximum absolute atomic E-state index is 14.0. The highest BCUT2D eigenvalue weighted by Gasteiger charge is 2.36. The van der Waals surface area contributed by atoms with Crippen molar-refractivity contribution in [1.29, 1.82) is 0 Å². The summed E-state index contributed by atoms with van der Waals surface area (Å²) in [5.41, 5.74) is 2.00. The van der Waals surface area contributed by atoms with E-state index in [-0.39, 0.29) is 24.3 Å². The molecule has 1 N–H and O–H groups in total. The summed E-state index contributed by atoms with van der Waals surface area (Å²) >= 11 is 0. The molecule has 1 unspecified atom stereocenters. The van der Waals surface area contributed by atoms with E-state index in [9.17, 15) is 13.6 Å². The average molecular weight is 448 g/mol. The number of nitrogens with one attached hydrogen (secondary N) is 1. The SMILES string of the molecule is CC1=C(c2nc(-c3cccc(F)c3)no2)C(c2cccc(F)c2)NC(=O)N1Cc1ccco1. The molecule has 2 amide bonds. The molecule has 1 aliphatic rings. The fourth-order valence-electron chi connectivity index (χ4n) is 3.82. The summed E-state index contributed by atoms with van der Waals surface area (Å²) in [6.07, 6.45) is 1.52. The number of nitrogens with zero attached hydrogens (tertiary/aromatic N) is 3. The van der Waals surface area contributed by atoms with E-state index >= 15 is 0 Å². The summed E-state index contributed by atoms with van der Waals surface area (Å²) in [7, 11) is 0. The average Bonchev–Trinajstić information content (AvgIpc) is 3.49. The zero-order valence-corrected chi connectivity index (χ0v) is 17.5. The van der Waals surface area contributed by atoms with Gasteiger partial charge in [0.2, 0.25) is 5.82 Å². The van der Waals surface area contributed by atoms with Gasteiger partial charge in [0.1, 0.15) is 17.4 Å². The van der Waals surface area contributed by atoms with E-state index in [1.54, 1.807) is 43.3 Å². The van der Waals surface area contributed by atoms with Crippen LogP contribution in [0.5, 0.6) is 0 Å². The molecular formula is C24H18F2N4O3. The molecule has 2 aromatic carbocycles. The Balaban J connectivity index is 1.61. The number of amides is 2. The van der Waals surface area contributed by atoms with Gasteiger partial charge in [-0.2, -0.15) is 4.98 Å². The molecule has 0 spiro atoms. The van der Waals surface area contributed by atoms with E-state index in [0.29, 0.717) is 28.2 Å². The summed E-state index contributed by atoms with van der Waals surface area (Å²) in [5.74, 6) is 0.0333. The van der Waals surface area contributed by atoms with Crippen molar-refractivity contribution in [3.05, 3.63) is 101 Å². The lowest BCUT2D eigenvalue weighted by Gasteiger charge is -2.34. The highest BCUT2D eigenvalue weighted by molar-refractivity contribution is 5.86. The lowest BCUT2D eigenvalue weighted by atomic mass is 9.94. The number of urea groups is 1. The lowest BCUT2D eigenvalue weighted by Crippen LogP contribution is -2.45. The molecule has 1 atom stereocenters. The Bertz CT molecular complexity index is 1350. The normalized spacial score (nSPS) is 16.3. The zero-order valence-electron chi connectivity index (χ0n) is 17.5. The molecule has 9 heteroatoms. The van der Waals surface area contributed by atoms with Crippen LogP contribution in [0.25, 0.3) is 17.0 Å². The van der Waals surface area contributed by atoms with Crippen molar-refractivity contribution >= 4 is 11.6 Å². The van der Waals surface area contributed by atoms with Crippen molar-refractivity contribution in [2.75, 3.05) is 0 Å². The topological polar surface area (TPSA) is 84.4 Å². The summed E-state index contributed by atoms with van der Waals surface area (Å²) in [5, 5.41) is 6.88. The van der Waals surface area contributed by atoms with E-state index in [1.165, 1.54) is 35.4 Å². The number of allylic oxidation sites excluding steroid dienone is 1. The molecule has 0 saturated carbocycles. The largest absolute Gasteiger partial charge is 0.467 e. The monoisotopic (exact) mass is 448 g/mol. The van der Waals surface area contributed by atoms with Crippen molar-refractivity contribution in [3.8, 4) is 11.4 Å². The van der Waals surface area contributed by atoms with Crippen LogP contribution in [-0.2, 0) is 6.54 Å². The van der Waals surface area contributed by atoms with Gasteiger partial charge in [0.25, 0.3) is 5.89 Å². The molecule has 0 fully saturated rings. The molecule has 2 aromatic heterocycles. The number of aromatic nitrogens is 2. The van der Waals surface area contributed by atoms with Crippen LogP contribution >= 0.6 is 0 Å². The minimum absolute atomic E-state index is 0.130. The third kappa shape index (κ3) is 4.00. The van der Waals surface area contributed by atoms with Crippen molar-refractivity contribution in [2.45, 2.75) is 19.5 Å². The van der Waals surface area contributed by atoms with Gasteiger partial charge in [-0.1, -0.05) is 29.4 Å². The molecule has 33 heavy (non-hydrogen) atoms. The van der Waals surface area contributed by atoms with Gasteiger partial charge >= 0.3 is 6.03 Å². The maximum Gasteiger partial charge on any atom is 0.322 e. The zero-order chi connectivity index (χ0) is 22.9. The van der Waals surface area contributed by atoms with Crippen molar-refractivity contribution < 1.29 is 22.5 Å². The number of hydrogen-bond acceptors (Lipinski definition) is 5. The summed E-state index contributed by atoms with van der Waals surface area (Å²) < 4.78 is 38.6. The van der Waals surface area contributed by atoms with Crippen LogP contribution in [0.15, 0.2) is 81.6 Å². The first-order chi connectivity index (χ1) is 16.0. The highest BCUT2D eigenvalue weighted by Crippen LogP contribution is 2.38. The second kappa shape index (κ2) is 8.34. The standard InChI is InChI=1S/C24H18F2N4O3/c1-14-20(23-28-22(29-33-23)16-6-3-8-18(26)12-16)21(15-5-2-7-17(25)11-15)27-24(31)30(14)13-19-9-4-10-32-19/h2-12,21H,13H2,1H3,(H,27,31). The van der Waals surface area contributed by atoms with E-state index in [1.807, 2.05) is 0 Å². The predicted molar refractivity (Wildman–Crippen MR) is 114 cm³/mol. The van der Waals surface area contributed by atoms with Crippen LogP contribution in [-0.4, -0.2) is 21.1 Å². The van der Waals surface area contributed by atoms with Crippen LogP contribution in [0.3, 0.4) is 0 Å². The van der Waals surface area contributed by atoms with Gasteiger partial charge in [0.15, 0.2) is 0 Å². The van der Waals surface area contributed by atoms with E-state index in [0.717, 1.165) is 0 Å². The number of hydrogen-bond donors (Lipinski definition) is 1. The first kappa shape index (κ1) is 20.6. The van der Waals surface area contributed by atoms with Crippen LogP contribution in [0.4, 0.5) is 13.6 Å². The minimum atomic E-state index is -0.734. The van der Waals surface area contributed by atoms with Gasteiger partial charge in [-0.05, 0) is 48.9 Å². The Kier molecular flexibility index (Phi) is 5.21. The maximum atomic E-state index is 14.0. The fourth-order valence-corrected chi connectivity index (χ4v) is 3.82. The molecular weight excluding hydrogens is 430 g/mol. The highest BCUT2D eigenvalue weighted by atomic mass is 19.1. The second-order valence-electron chi connectivity index (χ2n) is 7.54. The molecule has 166 valence electrons. The van der Waals surface area contributed by atoms with Crippen molar-refractivity contribution in [2.24, 2.45) is 0 Å². The van der Waals surface area contributed by atoms with Gasteiger partial charge < -0.3 is 14.3 Å². The Labute approximate surface area is 187 Å². The molecule has 1 aliphatic heterocycles. The lowest BCUT2D eigenvalue weighted by molar-refractivity contribution is 0.199. The molecule has 0 aliphatic carbocycles. The number of carbonyl (C=O) groups is 1. The Morgan fingerprint density at radius 3 is 2.58 bits per heavy atom. The van der Waals surface area contributed by atoms with Gasteiger partial charge in [-0.25, -0.2) is 13.6 Å². The fraction of sp³-hybridized carbons (Fsp3) is 0.125. The van der Waals surface area contributed by atoms with Gasteiger partial charge in [-0.3, -0.25) is 4.90 Å². The van der Waals surface area contributed by atoms with Crippen molar-refractivity contribution in [3.63, 3.8) is 0 Å². The predicted octanol–water partition coefficient (Wildman–Crippen LogP) is 5.31. The summed E-state index contributed by atoms with van der Waals surface area (Å²) in [6, 6.07) is 14.1. The first-order valence-electron chi connectivity index (χ1n) is 10.2. The molecule has 4 aromatic rings. The molecule has 0 radical (unpaired) electrons. The van der Waals surface area contributed by atoms with E-state index < -0.39 is 17.7 Å². The third-order valence-electron chi connectivity index (χ3n) is 5.41. The van der Waals surface area contributed by atoms with Crippen LogP contribution in [0.2, 0.25) is 0 Å². The number of benzene rings is 2. The quantitative estimate of drug-likeness (QED) is 0.448. The first-order valence-corrected chi connectivity index (χ1v) is 10.2. The van der Waals surface area contributed by atoms with Crippen LogP contribution in [0.1, 0.15) is 30.2 Å². The molecule has 7 nitrogen and oxygen atoms in total. The van der Waals surface area contributed by atoms with Crippen LogP contribution in [0, 0.1) is 11.6 Å². The van der Waals surface area contributed by atoms with E-state index in [4.69, 9.17) is 8.94 Å². The van der Waals surface area contributed by atoms with E-state index in [2.05, 4.69) is 15.5 Å². The number of furan rings is 1. The molecule has 0 saturated heterocycles. The number of halogens is 2. The Morgan fingerprint density at radius 2 is 1.85 bits per heavy atom. The molecule has 3 heterocycles. The molecule has 0 bridgehead atoms. The molecule has 5 rings (SSSR count). The Hall–Kier alpha value is -4.27. The minimum Gasteiger partial charge on any atom is -0.467 e. The Morgan fingerprint density at radius 1 is 1.06 bits per heavy atom. The number of rotatable bonds is 5. The number of carbonyl (C=O) groups excluding carboxylic acids is 1. The van der Waals surface area contributed by atoms with Gasteiger partial charge in [0, 0.05) is 11.3 Å². The smallest absolute Gasteiger partial charge is 0.322 e. The second-order valence-corrected chi connectivity index (χ2v) is 7.54. The summed E-state index contributed by atoms with van der Waals surface area (Å²) in [6.45, 7) is 1.92. The third-order valence-corrected chi connectivity index (χ3v) is 5.41. The van der Waals surface area contributed by atoms with Crippen LogP contribution < -0.4 is 5.32 Å². The van der Waals surface area contributed by atoms with Crippen molar-refractivity contribution in [1.82, 2.24) is 20.4 Å². The summed E-state index contributed by atoms with van der Waals surface area (Å²) in [4.78, 5) is 18.9.